The van der Waals surface area contributed by atoms with Crippen molar-refractivity contribution in [1.82, 2.24) is 10.2 Å². The number of hydrogen-bond acceptors (Lipinski definition) is 3. The number of para-hydroxylation sites is 1. The summed E-state index contributed by atoms with van der Waals surface area (Å²) < 4.78 is 5.57. The Labute approximate surface area is 156 Å². The Hall–Kier alpha value is -2.33. The largest absolute Gasteiger partial charge is 0.496 e. The van der Waals surface area contributed by atoms with Gasteiger partial charge in [-0.2, -0.15) is 0 Å². The van der Waals surface area contributed by atoms with Crippen molar-refractivity contribution in [3.05, 3.63) is 64.7 Å². The highest BCUT2D eigenvalue weighted by Crippen LogP contribution is 2.31. The third-order valence-electron chi connectivity index (χ3n) is 5.16. The van der Waals surface area contributed by atoms with Crippen molar-refractivity contribution in [2.75, 3.05) is 26.7 Å². The molecule has 1 aliphatic rings. The number of rotatable bonds is 6. The molecule has 1 amide bonds. The zero-order chi connectivity index (χ0) is 18.5. The van der Waals surface area contributed by atoms with Crippen molar-refractivity contribution in [2.24, 2.45) is 0 Å². The van der Waals surface area contributed by atoms with Gasteiger partial charge in [-0.3, -0.25) is 9.69 Å². The zero-order valence-electron chi connectivity index (χ0n) is 15.9. The van der Waals surface area contributed by atoms with Crippen LogP contribution in [-0.2, 0) is 0 Å². The van der Waals surface area contributed by atoms with Gasteiger partial charge in [0.1, 0.15) is 5.75 Å². The number of nitrogens with one attached hydrogen (secondary N) is 1. The number of carbonyl (C=O) groups excluding carboxylic acids is 1. The molecule has 3 rings (SSSR count). The summed E-state index contributed by atoms with van der Waals surface area (Å²) in [6.07, 6.45) is 2.41. The van der Waals surface area contributed by atoms with Crippen LogP contribution in [0.3, 0.4) is 0 Å². The minimum Gasteiger partial charge on any atom is -0.496 e. The van der Waals surface area contributed by atoms with Crippen molar-refractivity contribution in [2.45, 2.75) is 32.7 Å². The molecule has 1 aliphatic heterocycles. The summed E-state index contributed by atoms with van der Waals surface area (Å²) in [5.41, 5.74) is 4.06. The smallest absolute Gasteiger partial charge is 0.251 e. The molecule has 0 aromatic heterocycles. The predicted molar refractivity (Wildman–Crippen MR) is 105 cm³/mol. The van der Waals surface area contributed by atoms with E-state index in [1.54, 1.807) is 7.11 Å². The molecule has 2 aromatic rings. The molecule has 138 valence electrons. The lowest BCUT2D eigenvalue weighted by Gasteiger charge is -2.29. The van der Waals surface area contributed by atoms with E-state index in [0.29, 0.717) is 6.54 Å². The van der Waals surface area contributed by atoms with Gasteiger partial charge in [-0.05, 0) is 57.5 Å². The number of benzene rings is 2. The molecule has 4 heteroatoms. The maximum Gasteiger partial charge on any atom is 0.251 e. The lowest BCUT2D eigenvalue weighted by Crippen LogP contribution is -2.37. The highest BCUT2D eigenvalue weighted by atomic mass is 16.5. The Kier molecular flexibility index (Phi) is 5.94. The minimum atomic E-state index is -0.0124. The molecular weight excluding hydrogens is 324 g/mol. The fraction of sp³-hybridized carbons (Fsp3) is 0.409. The second-order valence-electron chi connectivity index (χ2n) is 7.03. The number of methoxy groups -OCH3 is 1. The van der Waals surface area contributed by atoms with Crippen LogP contribution in [0, 0.1) is 13.8 Å². The second-order valence-corrected chi connectivity index (χ2v) is 7.03. The van der Waals surface area contributed by atoms with Gasteiger partial charge in [0.2, 0.25) is 0 Å². The van der Waals surface area contributed by atoms with Crippen LogP contribution >= 0.6 is 0 Å². The fourth-order valence-corrected chi connectivity index (χ4v) is 3.78. The molecule has 4 nitrogen and oxygen atoms in total. The van der Waals surface area contributed by atoms with E-state index in [0.717, 1.165) is 35.5 Å². The van der Waals surface area contributed by atoms with Crippen molar-refractivity contribution in [3.63, 3.8) is 0 Å². The van der Waals surface area contributed by atoms with Crippen LogP contribution in [0.25, 0.3) is 0 Å². The topological polar surface area (TPSA) is 41.6 Å². The van der Waals surface area contributed by atoms with Crippen LogP contribution < -0.4 is 10.1 Å². The summed E-state index contributed by atoms with van der Waals surface area (Å²) in [6.45, 7) is 6.72. The molecule has 1 heterocycles. The Balaban J connectivity index is 1.79. The predicted octanol–water partition coefficient (Wildman–Crippen LogP) is 3.88. The van der Waals surface area contributed by atoms with E-state index in [9.17, 15) is 4.79 Å². The molecule has 26 heavy (non-hydrogen) atoms. The number of aryl methyl sites for hydroxylation is 2. The van der Waals surface area contributed by atoms with E-state index in [1.165, 1.54) is 18.4 Å². The standard InChI is InChI=1S/C22H28N2O2/c1-16-10-11-18(17(2)14-16)22(25)23-15-20(24-12-6-7-13-24)19-8-4-5-9-21(19)26-3/h4-5,8-11,14,20H,6-7,12-13,15H2,1-3H3,(H,23,25). The van der Waals surface area contributed by atoms with Crippen LogP contribution in [0.5, 0.6) is 5.75 Å². The van der Waals surface area contributed by atoms with Crippen molar-refractivity contribution in [3.8, 4) is 5.75 Å². The number of amides is 1. The van der Waals surface area contributed by atoms with Gasteiger partial charge >= 0.3 is 0 Å². The van der Waals surface area contributed by atoms with Crippen molar-refractivity contribution in [1.29, 1.82) is 0 Å². The molecule has 0 saturated carbocycles. The van der Waals surface area contributed by atoms with Crippen LogP contribution in [0.15, 0.2) is 42.5 Å². The van der Waals surface area contributed by atoms with E-state index in [2.05, 4.69) is 16.3 Å². The minimum absolute atomic E-state index is 0.0124. The van der Waals surface area contributed by atoms with Crippen LogP contribution in [0.2, 0.25) is 0 Å². The first-order valence-electron chi connectivity index (χ1n) is 9.32. The molecule has 0 bridgehead atoms. The molecule has 1 N–H and O–H groups in total. The maximum absolute atomic E-state index is 12.7. The van der Waals surface area contributed by atoms with E-state index < -0.39 is 0 Å². The van der Waals surface area contributed by atoms with E-state index in [-0.39, 0.29) is 11.9 Å². The monoisotopic (exact) mass is 352 g/mol. The van der Waals surface area contributed by atoms with Gasteiger partial charge < -0.3 is 10.1 Å². The first kappa shape index (κ1) is 18.5. The molecular formula is C22H28N2O2. The SMILES string of the molecule is COc1ccccc1C(CNC(=O)c1ccc(C)cc1C)N1CCCC1. The fourth-order valence-electron chi connectivity index (χ4n) is 3.78. The lowest BCUT2D eigenvalue weighted by atomic mass is 10.0. The number of hydrogen-bond donors (Lipinski definition) is 1. The van der Waals surface area contributed by atoms with Gasteiger partial charge in [0.15, 0.2) is 0 Å². The normalized spacial score (nSPS) is 15.7. The molecule has 1 fully saturated rings. The molecule has 0 spiro atoms. The average molecular weight is 352 g/mol. The summed E-state index contributed by atoms with van der Waals surface area (Å²) in [5.74, 6) is 0.867. The van der Waals surface area contributed by atoms with Crippen molar-refractivity contribution >= 4 is 5.91 Å². The number of nitrogens with zero attached hydrogens (tertiary/aromatic N) is 1. The summed E-state index contributed by atoms with van der Waals surface area (Å²) in [6, 6.07) is 14.2. The van der Waals surface area contributed by atoms with Gasteiger partial charge in [0.25, 0.3) is 5.91 Å². The molecule has 1 unspecified atom stereocenters. The second kappa shape index (κ2) is 8.37. The molecule has 2 aromatic carbocycles. The highest BCUT2D eigenvalue weighted by molar-refractivity contribution is 5.95. The number of carbonyl (C=O) groups is 1. The third-order valence-corrected chi connectivity index (χ3v) is 5.16. The van der Waals surface area contributed by atoms with Gasteiger partial charge in [0.05, 0.1) is 13.2 Å². The van der Waals surface area contributed by atoms with Crippen LogP contribution in [0.1, 0.15) is 45.9 Å². The molecule has 1 saturated heterocycles. The van der Waals surface area contributed by atoms with Crippen molar-refractivity contribution < 1.29 is 9.53 Å². The Bertz CT molecular complexity index is 766. The van der Waals surface area contributed by atoms with Gasteiger partial charge in [-0.15, -0.1) is 0 Å². The first-order chi connectivity index (χ1) is 12.6. The lowest BCUT2D eigenvalue weighted by molar-refractivity contribution is 0.0936. The van der Waals surface area contributed by atoms with E-state index >= 15 is 0 Å². The Morgan fingerprint density at radius 1 is 1.15 bits per heavy atom. The van der Waals surface area contributed by atoms with Crippen LogP contribution in [0.4, 0.5) is 0 Å². The van der Waals surface area contributed by atoms with Gasteiger partial charge in [-0.25, -0.2) is 0 Å². The number of likely N-dealkylation sites (tertiary alicyclic amines) is 1. The van der Waals surface area contributed by atoms with E-state index in [4.69, 9.17) is 4.74 Å². The first-order valence-corrected chi connectivity index (χ1v) is 9.32. The average Bonchev–Trinajstić information content (AvgIpc) is 3.16. The molecule has 0 radical (unpaired) electrons. The summed E-state index contributed by atoms with van der Waals surface area (Å²) >= 11 is 0. The third kappa shape index (κ3) is 4.07. The molecule has 0 aliphatic carbocycles. The zero-order valence-corrected chi connectivity index (χ0v) is 15.9. The Morgan fingerprint density at radius 2 is 1.88 bits per heavy atom. The van der Waals surface area contributed by atoms with Crippen LogP contribution in [-0.4, -0.2) is 37.6 Å². The molecule has 1 atom stereocenters. The quantitative estimate of drug-likeness (QED) is 0.858. The van der Waals surface area contributed by atoms with Gasteiger partial charge in [0, 0.05) is 17.7 Å². The Morgan fingerprint density at radius 3 is 2.58 bits per heavy atom. The summed E-state index contributed by atoms with van der Waals surface area (Å²) in [5, 5.41) is 3.15. The van der Waals surface area contributed by atoms with Gasteiger partial charge in [-0.1, -0.05) is 35.9 Å². The maximum atomic E-state index is 12.7. The summed E-state index contributed by atoms with van der Waals surface area (Å²) in [4.78, 5) is 15.2. The summed E-state index contributed by atoms with van der Waals surface area (Å²) in [7, 11) is 1.70. The van der Waals surface area contributed by atoms with E-state index in [1.807, 2.05) is 50.2 Å². The number of ether oxygens (including phenoxy) is 1. The highest BCUT2D eigenvalue weighted by Gasteiger charge is 2.26.